The summed E-state index contributed by atoms with van der Waals surface area (Å²) in [6, 6.07) is 25.0. The minimum absolute atomic E-state index is 0.0210. The highest BCUT2D eigenvalue weighted by Gasteiger charge is 2.60. The number of para-hydroxylation sites is 2. The number of aryl methyl sites for hydroxylation is 1. The summed E-state index contributed by atoms with van der Waals surface area (Å²) in [7, 11) is 0. The Kier molecular flexibility index (Phi) is 5.09. The lowest BCUT2D eigenvalue weighted by atomic mass is 9.84. The molecule has 3 atom stereocenters. The van der Waals surface area contributed by atoms with Gasteiger partial charge in [0.2, 0.25) is 5.91 Å². The number of anilines is 2. The maximum atomic E-state index is 13.7. The van der Waals surface area contributed by atoms with Crippen LogP contribution in [0.5, 0.6) is 0 Å². The van der Waals surface area contributed by atoms with Gasteiger partial charge in [-0.3, -0.25) is 14.4 Å². The van der Waals surface area contributed by atoms with Gasteiger partial charge in [0.1, 0.15) is 5.92 Å². The summed E-state index contributed by atoms with van der Waals surface area (Å²) in [4.78, 5) is 34.7. The highest BCUT2D eigenvalue weighted by Crippen LogP contribution is 2.48. The predicted octanol–water partition coefficient (Wildman–Crippen LogP) is 5.34. The van der Waals surface area contributed by atoms with Crippen molar-refractivity contribution in [2.24, 2.45) is 5.92 Å². The van der Waals surface area contributed by atoms with Crippen LogP contribution in [-0.4, -0.2) is 17.9 Å². The summed E-state index contributed by atoms with van der Waals surface area (Å²) < 4.78 is 0. The largest absolute Gasteiger partial charge is 0.273 e. The summed E-state index contributed by atoms with van der Waals surface area (Å²) in [6.45, 7) is 8.43. The van der Waals surface area contributed by atoms with Crippen molar-refractivity contribution in [3.63, 3.8) is 0 Å². The lowest BCUT2D eigenvalue weighted by molar-refractivity contribution is -0.126. The van der Waals surface area contributed by atoms with E-state index in [0.717, 1.165) is 16.8 Å². The number of carbonyl (C=O) groups is 2. The second kappa shape index (κ2) is 7.85. The molecule has 0 N–H and O–H groups in total. The van der Waals surface area contributed by atoms with E-state index in [0.29, 0.717) is 5.69 Å². The van der Waals surface area contributed by atoms with E-state index in [1.165, 1.54) is 10.5 Å². The number of hydrogen-bond donors (Lipinski definition) is 0. The van der Waals surface area contributed by atoms with Gasteiger partial charge in [0.05, 0.1) is 17.4 Å². The number of rotatable bonds is 3. The van der Waals surface area contributed by atoms with Crippen LogP contribution in [0.2, 0.25) is 0 Å². The molecule has 5 rings (SSSR count). The zero-order valence-corrected chi connectivity index (χ0v) is 19.4. The normalized spacial score (nSPS) is 22.7. The molecule has 168 valence electrons. The van der Waals surface area contributed by atoms with Crippen molar-refractivity contribution in [1.82, 2.24) is 0 Å². The van der Waals surface area contributed by atoms with E-state index in [2.05, 4.69) is 45.0 Å². The third-order valence-electron chi connectivity index (χ3n) is 6.60. The smallest absolute Gasteiger partial charge is 0.266 e. The summed E-state index contributed by atoms with van der Waals surface area (Å²) >= 11 is 0. The molecule has 2 amide bonds. The molecule has 2 aliphatic rings. The number of amides is 2. The van der Waals surface area contributed by atoms with Gasteiger partial charge >= 0.3 is 0 Å². The van der Waals surface area contributed by atoms with Crippen LogP contribution in [0.15, 0.2) is 78.9 Å². The standard InChI is InChI=1S/C28H28N2O3/c1-18-10-8-9-13-22(18)29-26(31)23-24(19-14-16-20(17-15-19)28(2,3)4)30(33-25(23)27(29)32)21-11-6-5-7-12-21/h5-17,23-25H,1-4H3/t23-,24-,25+/m0/s1. The Balaban J connectivity index is 1.58. The van der Waals surface area contributed by atoms with E-state index >= 15 is 0 Å². The fourth-order valence-corrected chi connectivity index (χ4v) is 4.78. The number of nitrogens with zero attached hydrogens (tertiary/aromatic N) is 2. The second-order valence-corrected chi connectivity index (χ2v) is 9.83. The van der Waals surface area contributed by atoms with Gasteiger partial charge in [-0.25, -0.2) is 9.96 Å². The SMILES string of the molecule is Cc1ccccc1N1C(=O)[C@@H]2[C@@H](ON(c3ccccc3)[C@H]2c2ccc(C(C)(C)C)cc2)C1=O. The summed E-state index contributed by atoms with van der Waals surface area (Å²) in [6.07, 6.45) is -0.857. The van der Waals surface area contributed by atoms with Crippen molar-refractivity contribution in [2.75, 3.05) is 9.96 Å². The van der Waals surface area contributed by atoms with Crippen molar-refractivity contribution in [3.8, 4) is 0 Å². The molecule has 2 heterocycles. The maximum Gasteiger partial charge on any atom is 0.266 e. The zero-order valence-electron chi connectivity index (χ0n) is 19.4. The molecule has 0 bridgehead atoms. The van der Waals surface area contributed by atoms with Crippen molar-refractivity contribution in [3.05, 3.63) is 95.6 Å². The van der Waals surface area contributed by atoms with Crippen LogP contribution in [0.25, 0.3) is 0 Å². The van der Waals surface area contributed by atoms with E-state index < -0.39 is 18.1 Å². The Labute approximate surface area is 194 Å². The van der Waals surface area contributed by atoms with Gasteiger partial charge in [-0.1, -0.05) is 81.4 Å². The van der Waals surface area contributed by atoms with Crippen LogP contribution in [0.4, 0.5) is 11.4 Å². The molecule has 3 aromatic carbocycles. The van der Waals surface area contributed by atoms with Crippen LogP contribution in [-0.2, 0) is 19.8 Å². The molecule has 2 fully saturated rings. The van der Waals surface area contributed by atoms with Crippen molar-refractivity contribution in [2.45, 2.75) is 45.3 Å². The fourth-order valence-electron chi connectivity index (χ4n) is 4.78. The molecule has 0 unspecified atom stereocenters. The summed E-state index contributed by atoms with van der Waals surface area (Å²) in [5.41, 5.74) is 4.51. The van der Waals surface area contributed by atoms with Crippen LogP contribution in [0.1, 0.15) is 43.5 Å². The number of imide groups is 1. The molecule has 0 aliphatic carbocycles. The third kappa shape index (κ3) is 3.53. The van der Waals surface area contributed by atoms with E-state index in [1.807, 2.05) is 61.5 Å². The Hall–Kier alpha value is -3.44. The molecule has 5 heteroatoms. The van der Waals surface area contributed by atoms with Crippen LogP contribution < -0.4 is 9.96 Å². The molecule has 0 saturated carbocycles. The van der Waals surface area contributed by atoms with Crippen LogP contribution in [0.3, 0.4) is 0 Å². The Morgan fingerprint density at radius 3 is 2.06 bits per heavy atom. The van der Waals surface area contributed by atoms with Gasteiger partial charge in [0, 0.05) is 0 Å². The van der Waals surface area contributed by atoms with E-state index in [-0.39, 0.29) is 17.2 Å². The van der Waals surface area contributed by atoms with Crippen LogP contribution in [0, 0.1) is 12.8 Å². The molecule has 0 radical (unpaired) electrons. The van der Waals surface area contributed by atoms with Crippen molar-refractivity contribution >= 4 is 23.2 Å². The topological polar surface area (TPSA) is 49.9 Å². The van der Waals surface area contributed by atoms with Gasteiger partial charge in [-0.05, 0) is 47.2 Å². The molecular formula is C28H28N2O3. The number of carbonyl (C=O) groups excluding carboxylic acids is 2. The minimum atomic E-state index is -0.857. The molecule has 2 aliphatic heterocycles. The van der Waals surface area contributed by atoms with Gasteiger partial charge in [0.15, 0.2) is 6.10 Å². The van der Waals surface area contributed by atoms with Gasteiger partial charge < -0.3 is 0 Å². The first kappa shape index (κ1) is 21.4. The highest BCUT2D eigenvalue weighted by atomic mass is 16.7. The first-order chi connectivity index (χ1) is 15.8. The van der Waals surface area contributed by atoms with E-state index in [9.17, 15) is 9.59 Å². The molecule has 0 spiro atoms. The monoisotopic (exact) mass is 440 g/mol. The fraction of sp³-hybridized carbons (Fsp3) is 0.286. The summed E-state index contributed by atoms with van der Waals surface area (Å²) in [5.74, 6) is -1.16. The zero-order chi connectivity index (χ0) is 23.3. The minimum Gasteiger partial charge on any atom is -0.273 e. The first-order valence-electron chi connectivity index (χ1n) is 11.3. The predicted molar refractivity (Wildman–Crippen MR) is 129 cm³/mol. The van der Waals surface area contributed by atoms with E-state index in [4.69, 9.17) is 4.84 Å². The number of fused-ring (bicyclic) bond motifs is 1. The maximum absolute atomic E-state index is 13.7. The van der Waals surface area contributed by atoms with Gasteiger partial charge in [-0.2, -0.15) is 0 Å². The van der Waals surface area contributed by atoms with Crippen LogP contribution >= 0.6 is 0 Å². The van der Waals surface area contributed by atoms with E-state index in [1.54, 1.807) is 5.06 Å². The average molecular weight is 441 g/mol. The number of benzene rings is 3. The second-order valence-electron chi connectivity index (χ2n) is 9.83. The third-order valence-corrected chi connectivity index (χ3v) is 6.60. The Morgan fingerprint density at radius 2 is 1.42 bits per heavy atom. The molecule has 5 nitrogen and oxygen atoms in total. The molecule has 2 saturated heterocycles. The Bertz CT molecular complexity index is 1200. The molecule has 33 heavy (non-hydrogen) atoms. The Morgan fingerprint density at radius 1 is 0.788 bits per heavy atom. The van der Waals surface area contributed by atoms with Crippen molar-refractivity contribution in [1.29, 1.82) is 0 Å². The first-order valence-corrected chi connectivity index (χ1v) is 11.3. The van der Waals surface area contributed by atoms with Gasteiger partial charge in [-0.15, -0.1) is 0 Å². The molecule has 0 aromatic heterocycles. The quantitative estimate of drug-likeness (QED) is 0.516. The van der Waals surface area contributed by atoms with Gasteiger partial charge in [0.25, 0.3) is 5.91 Å². The number of hydrogen-bond acceptors (Lipinski definition) is 4. The number of hydroxylamine groups is 1. The lowest BCUT2D eigenvalue weighted by Gasteiger charge is -2.29. The highest BCUT2D eigenvalue weighted by molar-refractivity contribution is 6.24. The lowest BCUT2D eigenvalue weighted by Crippen LogP contribution is -2.37. The molecular weight excluding hydrogens is 412 g/mol. The summed E-state index contributed by atoms with van der Waals surface area (Å²) in [5, 5.41) is 1.74. The van der Waals surface area contributed by atoms with Crippen molar-refractivity contribution < 1.29 is 14.4 Å². The average Bonchev–Trinajstić information content (AvgIpc) is 3.31. The molecule has 3 aromatic rings.